The van der Waals surface area contributed by atoms with Crippen molar-refractivity contribution in [3.63, 3.8) is 0 Å². The average Bonchev–Trinajstić information content (AvgIpc) is 3.54. The van der Waals surface area contributed by atoms with Crippen molar-refractivity contribution in [1.82, 2.24) is 0 Å². The van der Waals surface area contributed by atoms with E-state index >= 15 is 0 Å². The van der Waals surface area contributed by atoms with E-state index in [0.717, 1.165) is 0 Å². The summed E-state index contributed by atoms with van der Waals surface area (Å²) in [5.41, 5.74) is 0. The van der Waals surface area contributed by atoms with Crippen molar-refractivity contribution in [2.45, 2.75) is 209 Å². The summed E-state index contributed by atoms with van der Waals surface area (Å²) in [6, 6.07) is 0. The number of hydrogen-bond donors (Lipinski definition) is 24. The number of aliphatic carboxylic acids is 1. The molecule has 24 N–H and O–H groups in total. The largest absolute Gasteiger partial charge is 0.479 e. The molecule has 462 valence electrons. The molecule has 0 aromatic rings. The molecule has 0 unspecified atom stereocenters. The smallest absolute Gasteiger partial charge is 0.335 e. The van der Waals surface area contributed by atoms with Crippen LogP contribution < -0.4 is 0 Å². The quantitative estimate of drug-likeness (QED) is 0.0452. The number of aliphatic hydroxyl groups excluding tert-OH is 23. The number of rotatable bonds is 23. The summed E-state index contributed by atoms with van der Waals surface area (Å²) < 4.78 is 66.3. The van der Waals surface area contributed by atoms with E-state index in [1.54, 1.807) is 0 Å². The molecule has 6 aliphatic rings. The van der Waals surface area contributed by atoms with E-state index in [2.05, 4.69) is 0 Å². The van der Waals surface area contributed by atoms with Gasteiger partial charge in [0.05, 0.1) is 46.2 Å². The van der Waals surface area contributed by atoms with Crippen molar-refractivity contribution in [2.75, 3.05) is 46.2 Å². The summed E-state index contributed by atoms with van der Waals surface area (Å²) in [7, 11) is 0. The van der Waals surface area contributed by atoms with Crippen LogP contribution in [0.25, 0.3) is 0 Å². The third kappa shape index (κ3) is 14.1. The van der Waals surface area contributed by atoms with E-state index in [1.807, 2.05) is 0 Å². The molecule has 0 amide bonds. The lowest BCUT2D eigenvalue weighted by molar-refractivity contribution is -0.397. The molecular formula is C42H72O37. The number of hydrogen-bond acceptors (Lipinski definition) is 36. The summed E-state index contributed by atoms with van der Waals surface area (Å²) in [4.78, 5) is 11.2. The molecule has 0 aromatic heterocycles. The minimum absolute atomic E-state index is 0.851. The summed E-state index contributed by atoms with van der Waals surface area (Å²) in [5.74, 6) is -1.99. The zero-order valence-corrected chi connectivity index (χ0v) is 41.1. The molecule has 6 aliphatic heterocycles. The maximum Gasteiger partial charge on any atom is 0.335 e. The van der Waals surface area contributed by atoms with E-state index in [4.69, 9.17) is 61.9 Å². The van der Waals surface area contributed by atoms with E-state index in [1.165, 1.54) is 0 Å². The fraction of sp³-hybridized carbons (Fsp3) is 0.976. The highest BCUT2D eigenvalue weighted by molar-refractivity contribution is 5.72. The molecule has 0 aliphatic carbocycles. The van der Waals surface area contributed by atoms with Gasteiger partial charge in [0.15, 0.2) is 43.8 Å². The molecule has 6 heterocycles. The molecule has 6 saturated heterocycles. The van der Waals surface area contributed by atoms with Gasteiger partial charge in [0, 0.05) is 0 Å². The molecule has 79 heavy (non-hydrogen) atoms. The fourth-order valence-electron chi connectivity index (χ4n) is 9.60. The van der Waals surface area contributed by atoms with Crippen molar-refractivity contribution < 1.29 is 184 Å². The molecular weight excluding hydrogens is 1100 g/mol. The number of carboxylic acid groups (broad SMARTS) is 1. The number of carboxylic acids is 1. The second kappa shape index (κ2) is 28.8. The van der Waals surface area contributed by atoms with Gasteiger partial charge < -0.3 is 179 Å². The van der Waals surface area contributed by atoms with Gasteiger partial charge in [0.25, 0.3) is 0 Å². The molecule has 37 nitrogen and oxygen atoms in total. The Bertz CT molecular complexity index is 1840. The van der Waals surface area contributed by atoms with Gasteiger partial charge in [-0.25, -0.2) is 4.79 Å². The second-order valence-corrected chi connectivity index (χ2v) is 19.4. The highest BCUT2D eigenvalue weighted by atomic mass is 16.8. The van der Waals surface area contributed by atoms with Crippen LogP contribution in [0.1, 0.15) is 0 Å². The van der Waals surface area contributed by atoms with Gasteiger partial charge in [-0.15, -0.1) is 0 Å². The van der Waals surface area contributed by atoms with E-state index in [9.17, 15) is 122 Å². The van der Waals surface area contributed by atoms with Crippen LogP contribution in [-0.4, -0.2) is 383 Å². The summed E-state index contributed by atoms with van der Waals surface area (Å²) >= 11 is 0. The number of ether oxygens (including phenoxy) is 12. The maximum atomic E-state index is 11.3. The topological polar surface area (TPSA) is 613 Å². The maximum absolute atomic E-state index is 11.3. The van der Waals surface area contributed by atoms with Gasteiger partial charge in [-0.05, 0) is 0 Å². The van der Waals surface area contributed by atoms with Gasteiger partial charge in [-0.1, -0.05) is 0 Å². The number of aliphatic hydroxyl groups is 23. The minimum atomic E-state index is -2.61. The van der Waals surface area contributed by atoms with Gasteiger partial charge in [-0.2, -0.15) is 0 Å². The first kappa shape index (κ1) is 66.2. The highest BCUT2D eigenvalue weighted by Gasteiger charge is 2.58. The molecule has 0 aromatic carbocycles. The van der Waals surface area contributed by atoms with Crippen LogP contribution in [0.2, 0.25) is 0 Å². The van der Waals surface area contributed by atoms with Gasteiger partial charge in [0.2, 0.25) is 0 Å². The Balaban J connectivity index is 1.06. The monoisotopic (exact) mass is 1170 g/mol. The Morgan fingerprint density at radius 2 is 0.582 bits per heavy atom. The van der Waals surface area contributed by atoms with Crippen LogP contribution in [0.15, 0.2) is 0 Å². The first-order chi connectivity index (χ1) is 37.3. The van der Waals surface area contributed by atoms with Gasteiger partial charge >= 0.3 is 5.97 Å². The predicted octanol–water partition coefficient (Wildman–Crippen LogP) is -16.5. The third-order valence-corrected chi connectivity index (χ3v) is 14.2. The molecule has 0 spiro atoms. The lowest BCUT2D eigenvalue weighted by atomic mass is 9.95. The van der Waals surface area contributed by atoms with Crippen LogP contribution in [0.5, 0.6) is 0 Å². The van der Waals surface area contributed by atoms with Crippen molar-refractivity contribution in [3.05, 3.63) is 0 Å². The molecule has 0 bridgehead atoms. The van der Waals surface area contributed by atoms with Crippen molar-refractivity contribution in [3.8, 4) is 0 Å². The lowest BCUT2D eigenvalue weighted by Crippen LogP contribution is -2.68. The van der Waals surface area contributed by atoms with Crippen LogP contribution in [0.3, 0.4) is 0 Å². The third-order valence-electron chi connectivity index (χ3n) is 14.2. The first-order valence-corrected chi connectivity index (χ1v) is 24.6. The Kier molecular flexibility index (Phi) is 24.1. The zero-order chi connectivity index (χ0) is 58.6. The van der Waals surface area contributed by atoms with Crippen LogP contribution >= 0.6 is 0 Å². The highest BCUT2D eigenvalue weighted by Crippen LogP contribution is 2.37. The van der Waals surface area contributed by atoms with Crippen molar-refractivity contribution in [1.29, 1.82) is 0 Å². The molecule has 0 radical (unpaired) electrons. The summed E-state index contributed by atoms with van der Waals surface area (Å²) in [6.45, 7) is -7.37. The van der Waals surface area contributed by atoms with E-state index in [-0.39, 0.29) is 0 Å². The first-order valence-electron chi connectivity index (χ1n) is 24.6. The van der Waals surface area contributed by atoms with E-state index in [0.29, 0.717) is 0 Å². The molecule has 6 fully saturated rings. The van der Waals surface area contributed by atoms with Crippen molar-refractivity contribution in [2.24, 2.45) is 0 Å². The zero-order valence-electron chi connectivity index (χ0n) is 41.1. The number of carbonyl (C=O) groups is 1. The standard InChI is InChI=1S/C42H72O37/c43-1-8(50)30(17(53)23(59)36(66)67)74-38-25(61)18(54)32(10(3-45)69-38)76-40-27(63)20(56)34(12(5-47)71-40)78-42-29(65)22(58)35(14(7-49)73-42)79-41-28(64)21(57)33(13(6-48)72-41)77-39-26(62)19(55)31(11(4-46)70-39)75-37-24(60)16(52)15(51)9(2-44)68-37/h8-35,37-65H,1-7H2,(H,66,67)/t8-,9-,10-,11-,12-,13-,14-,15-,16+,17-,18-,19-,20-,21-,22-,23-,24-,25-,26-,27-,28-,29-,30-,31-,32-,33-,34-,35-,37-,38-,39-,40-,41-,42-/m1/s1. The Morgan fingerprint density at radius 3 is 0.835 bits per heavy atom. The fourth-order valence-corrected chi connectivity index (χ4v) is 9.60. The van der Waals surface area contributed by atoms with Gasteiger partial charge in [0.1, 0.15) is 165 Å². The van der Waals surface area contributed by atoms with Crippen LogP contribution in [-0.2, 0) is 61.6 Å². The molecule has 0 saturated carbocycles. The second-order valence-electron chi connectivity index (χ2n) is 19.4. The Morgan fingerprint density at radius 1 is 0.342 bits per heavy atom. The summed E-state index contributed by atoms with van der Waals surface area (Å²) in [6.07, 6.45) is -69.1. The summed E-state index contributed by atoms with van der Waals surface area (Å²) in [5, 5.41) is 251. The van der Waals surface area contributed by atoms with E-state index < -0.39 is 261 Å². The van der Waals surface area contributed by atoms with Gasteiger partial charge in [-0.3, -0.25) is 0 Å². The van der Waals surface area contributed by atoms with Crippen LogP contribution in [0.4, 0.5) is 0 Å². The minimum Gasteiger partial charge on any atom is -0.479 e. The molecule has 34 atom stereocenters. The lowest BCUT2D eigenvalue weighted by Gasteiger charge is -2.50. The van der Waals surface area contributed by atoms with Crippen LogP contribution in [0, 0.1) is 0 Å². The Hall–Kier alpha value is -1.93. The predicted molar refractivity (Wildman–Crippen MR) is 235 cm³/mol. The molecule has 6 rings (SSSR count). The molecule has 37 heteroatoms. The Labute approximate surface area is 444 Å². The van der Waals surface area contributed by atoms with Crippen molar-refractivity contribution >= 4 is 5.97 Å². The SMILES string of the molecule is O=C(O)[C@H](O)[C@@H](O)[C@H](O[C@H]1O[C@H](CO)[C@@H](O[C@H]2O[C@H](CO)[C@@H](O[C@H]3O[C@H](CO)[C@@H](O[C@H]4O[C@H](CO)[C@@H](O[C@H]5O[C@H](CO)[C@@H](O[C@H]6O[C@H](CO)[C@@H](O)[C@H](O)[C@H]6O)[C@H](O)[C@H]5O)[C@H](O)[C@H]4O)[C@H](O)[C@H]3O)[C@H](O)[C@H]2O)[C@H](O)[C@H]1O)[C@H](O)CO. The average molecular weight is 1170 g/mol. The normalized spacial score (nSPS) is 48.7.